The summed E-state index contributed by atoms with van der Waals surface area (Å²) in [6.07, 6.45) is 4.56. The van der Waals surface area contributed by atoms with Crippen LogP contribution in [0, 0.1) is 5.92 Å². The van der Waals surface area contributed by atoms with Crippen molar-refractivity contribution in [2.24, 2.45) is 5.92 Å². The summed E-state index contributed by atoms with van der Waals surface area (Å²) in [6, 6.07) is 4.53. The topological polar surface area (TPSA) is 32.7 Å². The summed E-state index contributed by atoms with van der Waals surface area (Å²) in [6.45, 7) is 5.41. The molecule has 1 unspecified atom stereocenters. The third-order valence-electron chi connectivity index (χ3n) is 6.54. The number of ether oxygens (including phenoxy) is 1. The maximum atomic E-state index is 10.3. The van der Waals surface area contributed by atoms with Gasteiger partial charge in [0.05, 0.1) is 0 Å². The Hall–Kier alpha value is -1.48. The van der Waals surface area contributed by atoms with E-state index in [4.69, 9.17) is 4.74 Å². The van der Waals surface area contributed by atoms with E-state index in [1.54, 1.807) is 6.07 Å². The summed E-state index contributed by atoms with van der Waals surface area (Å²) >= 11 is 0. The molecule has 1 aromatic rings. The normalized spacial score (nSPS) is 39.9. The molecule has 1 aromatic carbocycles. The van der Waals surface area contributed by atoms with Crippen LogP contribution in [0.15, 0.2) is 24.3 Å². The Balaban J connectivity index is 1.83. The summed E-state index contributed by atoms with van der Waals surface area (Å²) in [7, 11) is 2.26. The lowest BCUT2D eigenvalue weighted by molar-refractivity contribution is -0.0214. The van der Waals surface area contributed by atoms with Gasteiger partial charge in [-0.05, 0) is 62.4 Å². The van der Waals surface area contributed by atoms with Gasteiger partial charge in [0.2, 0.25) is 0 Å². The fourth-order valence-corrected chi connectivity index (χ4v) is 5.66. The molecule has 21 heavy (non-hydrogen) atoms. The number of benzene rings is 1. The molecule has 4 aliphatic rings. The molecular weight excluding hydrogens is 262 g/mol. The number of nitrogens with zero attached hydrogens (tertiary/aromatic N) is 1. The van der Waals surface area contributed by atoms with Crippen molar-refractivity contribution in [1.82, 2.24) is 4.90 Å². The van der Waals surface area contributed by atoms with Gasteiger partial charge in [0, 0.05) is 17.0 Å². The average Bonchev–Trinajstić information content (AvgIpc) is 2.83. The SMILES string of the molecule is C=C1CC[C@H]2[C@H]3Cc4ccc(O)c5c4[C@@]2(CCN3C)C1O5. The summed E-state index contributed by atoms with van der Waals surface area (Å²) in [5, 5.41) is 10.3. The number of phenols is 1. The minimum atomic E-state index is 0.0775. The number of hydrogen-bond donors (Lipinski definition) is 1. The number of piperidine rings is 1. The summed E-state index contributed by atoms with van der Waals surface area (Å²) < 4.78 is 6.29. The maximum absolute atomic E-state index is 10.3. The van der Waals surface area contributed by atoms with E-state index in [0.29, 0.717) is 17.7 Å². The first-order valence-corrected chi connectivity index (χ1v) is 8.03. The highest BCUT2D eigenvalue weighted by atomic mass is 16.5. The zero-order valence-corrected chi connectivity index (χ0v) is 12.4. The Morgan fingerprint density at radius 2 is 2.29 bits per heavy atom. The molecule has 2 fully saturated rings. The molecule has 1 saturated heterocycles. The molecule has 2 heterocycles. The van der Waals surface area contributed by atoms with E-state index in [1.165, 1.54) is 23.1 Å². The maximum Gasteiger partial charge on any atom is 0.166 e. The first-order valence-electron chi connectivity index (χ1n) is 8.03. The molecule has 3 nitrogen and oxygen atoms in total. The van der Waals surface area contributed by atoms with Gasteiger partial charge in [0.1, 0.15) is 6.10 Å². The van der Waals surface area contributed by atoms with E-state index in [2.05, 4.69) is 24.6 Å². The van der Waals surface area contributed by atoms with Crippen molar-refractivity contribution in [3.05, 3.63) is 35.4 Å². The molecule has 1 N–H and O–H groups in total. The molecule has 1 saturated carbocycles. The van der Waals surface area contributed by atoms with Gasteiger partial charge >= 0.3 is 0 Å². The second-order valence-electron chi connectivity index (χ2n) is 7.29. The van der Waals surface area contributed by atoms with Gasteiger partial charge in [0.15, 0.2) is 11.5 Å². The Bertz CT molecular complexity index is 667. The minimum absolute atomic E-state index is 0.0775. The standard InChI is InChI=1S/C18H21NO2/c1-10-3-5-12-13-9-11-4-6-14(20)16-15(11)18(12,17(10)21-16)7-8-19(13)2/h4,6,12-13,17,20H,1,3,5,7-9H2,2H3/t12-,13+,17?,18-/m0/s1. The van der Waals surface area contributed by atoms with E-state index in [0.717, 1.165) is 31.6 Å². The molecule has 0 amide bonds. The van der Waals surface area contributed by atoms with Crippen LogP contribution in [0.25, 0.3) is 0 Å². The number of aromatic hydroxyl groups is 1. The largest absolute Gasteiger partial charge is 0.504 e. The molecule has 5 rings (SSSR count). The van der Waals surface area contributed by atoms with Gasteiger partial charge < -0.3 is 14.7 Å². The lowest BCUT2D eigenvalue weighted by Gasteiger charge is -2.58. The highest BCUT2D eigenvalue weighted by Gasteiger charge is 2.63. The first kappa shape index (κ1) is 12.1. The van der Waals surface area contributed by atoms with Gasteiger partial charge in [-0.2, -0.15) is 0 Å². The van der Waals surface area contributed by atoms with Gasteiger partial charge in [0.25, 0.3) is 0 Å². The molecule has 1 spiro atoms. The molecule has 3 heteroatoms. The van der Waals surface area contributed by atoms with Crippen LogP contribution in [0.4, 0.5) is 0 Å². The van der Waals surface area contributed by atoms with Crippen molar-refractivity contribution < 1.29 is 9.84 Å². The summed E-state index contributed by atoms with van der Waals surface area (Å²) in [5.41, 5.74) is 4.00. The fraction of sp³-hybridized carbons (Fsp3) is 0.556. The smallest absolute Gasteiger partial charge is 0.166 e. The fourth-order valence-electron chi connectivity index (χ4n) is 5.66. The van der Waals surface area contributed by atoms with Gasteiger partial charge in [-0.15, -0.1) is 0 Å². The second-order valence-corrected chi connectivity index (χ2v) is 7.29. The number of likely N-dealkylation sites (tertiary alicyclic amines) is 1. The van der Waals surface area contributed by atoms with Gasteiger partial charge in [-0.25, -0.2) is 0 Å². The quantitative estimate of drug-likeness (QED) is 0.743. The van der Waals surface area contributed by atoms with Crippen molar-refractivity contribution >= 4 is 0 Å². The van der Waals surface area contributed by atoms with Crippen LogP contribution in [0.1, 0.15) is 30.4 Å². The predicted octanol–water partition coefficient (Wildman–Crippen LogP) is 2.62. The molecule has 110 valence electrons. The number of rotatable bonds is 0. The van der Waals surface area contributed by atoms with Crippen LogP contribution in [0.3, 0.4) is 0 Å². The molecule has 0 radical (unpaired) electrons. The molecule has 2 aliphatic heterocycles. The second kappa shape index (κ2) is 3.64. The molecule has 0 aromatic heterocycles. The van der Waals surface area contributed by atoms with Crippen LogP contribution < -0.4 is 4.74 Å². The molecule has 2 aliphatic carbocycles. The van der Waals surface area contributed by atoms with Gasteiger partial charge in [-0.1, -0.05) is 12.6 Å². The van der Waals surface area contributed by atoms with Crippen molar-refractivity contribution in [3.8, 4) is 11.5 Å². The van der Waals surface area contributed by atoms with Crippen molar-refractivity contribution in [3.63, 3.8) is 0 Å². The Kier molecular flexibility index (Phi) is 2.10. The van der Waals surface area contributed by atoms with E-state index in [-0.39, 0.29) is 11.5 Å². The monoisotopic (exact) mass is 283 g/mol. The minimum Gasteiger partial charge on any atom is -0.504 e. The van der Waals surface area contributed by atoms with Crippen LogP contribution >= 0.6 is 0 Å². The van der Waals surface area contributed by atoms with Crippen LogP contribution in [-0.2, 0) is 11.8 Å². The van der Waals surface area contributed by atoms with E-state index >= 15 is 0 Å². The molecule has 4 atom stereocenters. The third-order valence-corrected chi connectivity index (χ3v) is 6.54. The number of likely N-dealkylation sites (N-methyl/N-ethyl adjacent to an activating group) is 1. The van der Waals surface area contributed by atoms with E-state index < -0.39 is 0 Å². The zero-order valence-electron chi connectivity index (χ0n) is 12.4. The Morgan fingerprint density at radius 1 is 1.43 bits per heavy atom. The van der Waals surface area contributed by atoms with E-state index in [9.17, 15) is 5.11 Å². The Morgan fingerprint density at radius 3 is 3.14 bits per heavy atom. The molecular formula is C18H21NO2. The average molecular weight is 283 g/mol. The van der Waals surface area contributed by atoms with Crippen molar-refractivity contribution in [2.75, 3.05) is 13.6 Å². The Labute approximate surface area is 125 Å². The first-order chi connectivity index (χ1) is 10.1. The lowest BCUT2D eigenvalue weighted by Crippen LogP contribution is -2.63. The van der Waals surface area contributed by atoms with Crippen LogP contribution in [0.2, 0.25) is 0 Å². The number of phenolic OH excluding ortho intramolecular Hbond substituents is 1. The number of hydrogen-bond acceptors (Lipinski definition) is 3. The van der Waals surface area contributed by atoms with Crippen LogP contribution in [0.5, 0.6) is 11.5 Å². The lowest BCUT2D eigenvalue weighted by atomic mass is 9.51. The summed E-state index contributed by atoms with van der Waals surface area (Å²) in [4.78, 5) is 2.54. The van der Waals surface area contributed by atoms with Crippen LogP contribution in [-0.4, -0.2) is 35.7 Å². The molecule has 2 bridgehead atoms. The van der Waals surface area contributed by atoms with Crippen molar-refractivity contribution in [2.45, 2.75) is 43.2 Å². The third kappa shape index (κ3) is 1.21. The summed E-state index contributed by atoms with van der Waals surface area (Å²) in [5.74, 6) is 1.71. The highest BCUT2D eigenvalue weighted by Crippen LogP contribution is 2.64. The predicted molar refractivity (Wildman–Crippen MR) is 80.8 cm³/mol. The highest BCUT2D eigenvalue weighted by molar-refractivity contribution is 5.61. The zero-order chi connectivity index (χ0) is 14.4. The van der Waals surface area contributed by atoms with E-state index in [1.807, 2.05) is 0 Å². The van der Waals surface area contributed by atoms with Gasteiger partial charge in [-0.3, -0.25) is 0 Å². The van der Waals surface area contributed by atoms with Crippen molar-refractivity contribution in [1.29, 1.82) is 0 Å².